The van der Waals surface area contributed by atoms with Gasteiger partial charge < -0.3 is 0 Å². The number of benzene rings is 2. The van der Waals surface area contributed by atoms with Gasteiger partial charge in [0.1, 0.15) is 0 Å². The van der Waals surface area contributed by atoms with Gasteiger partial charge in [-0.15, -0.1) is 12.4 Å². The fourth-order valence-electron chi connectivity index (χ4n) is 3.33. The van der Waals surface area contributed by atoms with Crippen LogP contribution in [0.25, 0.3) is 10.8 Å². The molecule has 0 radical (unpaired) electrons. The number of halogens is 1. The number of fused-ring (bicyclic) bond motifs is 1. The van der Waals surface area contributed by atoms with Crippen LogP contribution < -0.4 is 0 Å². The second-order valence-electron chi connectivity index (χ2n) is 7.81. The molecule has 0 heterocycles. The Hall–Kier alpha value is -2.08. The Morgan fingerprint density at radius 3 is 2.18 bits per heavy atom. The predicted molar refractivity (Wildman–Crippen MR) is 124 cm³/mol. The van der Waals surface area contributed by atoms with E-state index in [4.69, 9.17) is 0 Å². The average Bonchev–Trinajstić information content (AvgIpc) is 2.64. The molecule has 28 heavy (non-hydrogen) atoms. The number of hydrogen-bond acceptors (Lipinski definition) is 2. The standard InChI is InChI=1S/C25H32N2.ClH/c1-19(2)12-15-27(16-13-20(3)4)17-14-23(18-26)25-21(5)10-11-22-8-6-7-9-24(22)25;/h6-13,23H,14-17H2,1-5H3;1H. The second-order valence-corrected chi connectivity index (χ2v) is 7.81. The molecule has 1 atom stereocenters. The molecule has 0 aliphatic carbocycles. The van der Waals surface area contributed by atoms with Gasteiger partial charge in [-0.2, -0.15) is 5.26 Å². The summed E-state index contributed by atoms with van der Waals surface area (Å²) in [6.45, 7) is 13.4. The summed E-state index contributed by atoms with van der Waals surface area (Å²) >= 11 is 0. The maximum Gasteiger partial charge on any atom is 0.0733 e. The molecule has 0 bridgehead atoms. The number of allylic oxidation sites excluding steroid dienone is 2. The normalized spacial score (nSPS) is 11.5. The lowest BCUT2D eigenvalue weighted by Crippen LogP contribution is -2.27. The van der Waals surface area contributed by atoms with Gasteiger partial charge in [-0.25, -0.2) is 0 Å². The van der Waals surface area contributed by atoms with E-state index in [0.717, 1.165) is 26.1 Å². The highest BCUT2D eigenvalue weighted by Gasteiger charge is 2.17. The van der Waals surface area contributed by atoms with Gasteiger partial charge in [0.2, 0.25) is 0 Å². The summed E-state index contributed by atoms with van der Waals surface area (Å²) in [6, 6.07) is 15.3. The fraction of sp³-hybridized carbons (Fsp3) is 0.400. The van der Waals surface area contributed by atoms with Crippen molar-refractivity contribution in [3.63, 3.8) is 0 Å². The SMILES string of the molecule is CC(C)=CCN(CC=C(C)C)CCC(C#N)c1c(C)ccc2ccccc12.Cl. The number of rotatable bonds is 8. The van der Waals surface area contributed by atoms with Crippen LogP contribution in [-0.4, -0.2) is 24.5 Å². The van der Waals surface area contributed by atoms with Crippen molar-refractivity contribution in [2.45, 2.75) is 47.0 Å². The molecule has 3 heteroatoms. The lowest BCUT2D eigenvalue weighted by atomic mass is 9.88. The van der Waals surface area contributed by atoms with Crippen molar-refractivity contribution in [3.05, 3.63) is 70.8 Å². The molecule has 150 valence electrons. The van der Waals surface area contributed by atoms with Crippen LogP contribution in [0.1, 0.15) is 51.2 Å². The van der Waals surface area contributed by atoms with Crippen molar-refractivity contribution in [1.82, 2.24) is 4.90 Å². The molecule has 0 amide bonds. The van der Waals surface area contributed by atoms with Crippen molar-refractivity contribution in [1.29, 1.82) is 5.26 Å². The molecule has 2 nitrogen and oxygen atoms in total. The Kier molecular flexibility index (Phi) is 10.0. The van der Waals surface area contributed by atoms with E-state index in [2.05, 4.69) is 94.1 Å². The van der Waals surface area contributed by atoms with Gasteiger partial charge in [-0.1, -0.05) is 59.7 Å². The van der Waals surface area contributed by atoms with E-state index in [1.54, 1.807) is 0 Å². The van der Waals surface area contributed by atoms with Crippen LogP contribution in [0.3, 0.4) is 0 Å². The topological polar surface area (TPSA) is 27.0 Å². The molecule has 0 saturated carbocycles. The van der Waals surface area contributed by atoms with E-state index >= 15 is 0 Å². The number of aryl methyl sites for hydroxylation is 1. The molecule has 0 aliphatic heterocycles. The Bertz CT molecular complexity index is 846. The molecular formula is C25H33ClN2. The van der Waals surface area contributed by atoms with Crippen molar-refractivity contribution in [2.75, 3.05) is 19.6 Å². The first kappa shape index (κ1) is 24.0. The highest BCUT2D eigenvalue weighted by Crippen LogP contribution is 2.31. The van der Waals surface area contributed by atoms with Crippen LogP contribution in [0.2, 0.25) is 0 Å². The molecule has 2 aromatic rings. The average molecular weight is 397 g/mol. The summed E-state index contributed by atoms with van der Waals surface area (Å²) in [7, 11) is 0. The molecule has 0 saturated heterocycles. The predicted octanol–water partition coefficient (Wildman–Crippen LogP) is 6.80. The van der Waals surface area contributed by atoms with Crippen LogP contribution in [0.15, 0.2) is 59.7 Å². The minimum absolute atomic E-state index is 0. The van der Waals surface area contributed by atoms with E-state index in [1.165, 1.54) is 33.0 Å². The first-order chi connectivity index (χ1) is 12.9. The second kappa shape index (κ2) is 11.7. The van der Waals surface area contributed by atoms with Crippen molar-refractivity contribution >= 4 is 23.2 Å². The minimum Gasteiger partial charge on any atom is -0.296 e. The summed E-state index contributed by atoms with van der Waals surface area (Å²) in [5, 5.41) is 12.3. The monoisotopic (exact) mass is 396 g/mol. The molecule has 0 N–H and O–H groups in total. The Labute approximate surface area is 177 Å². The van der Waals surface area contributed by atoms with E-state index in [0.29, 0.717) is 0 Å². The summed E-state index contributed by atoms with van der Waals surface area (Å²) in [5.74, 6) is -0.0861. The molecular weight excluding hydrogens is 364 g/mol. The summed E-state index contributed by atoms with van der Waals surface area (Å²) in [6.07, 6.45) is 5.38. The molecule has 2 rings (SSSR count). The number of hydrogen-bond donors (Lipinski definition) is 0. The minimum atomic E-state index is -0.0861. The fourth-order valence-corrected chi connectivity index (χ4v) is 3.33. The van der Waals surface area contributed by atoms with Crippen LogP contribution >= 0.6 is 12.4 Å². The summed E-state index contributed by atoms with van der Waals surface area (Å²) < 4.78 is 0. The van der Waals surface area contributed by atoms with E-state index in [-0.39, 0.29) is 18.3 Å². The third-order valence-corrected chi connectivity index (χ3v) is 4.94. The Morgan fingerprint density at radius 1 is 1.00 bits per heavy atom. The first-order valence-corrected chi connectivity index (χ1v) is 9.79. The van der Waals surface area contributed by atoms with Crippen LogP contribution in [0, 0.1) is 18.3 Å². The van der Waals surface area contributed by atoms with E-state index in [9.17, 15) is 5.26 Å². The molecule has 0 spiro atoms. The molecule has 1 unspecified atom stereocenters. The largest absolute Gasteiger partial charge is 0.296 e. The van der Waals surface area contributed by atoms with Crippen LogP contribution in [0.5, 0.6) is 0 Å². The lowest BCUT2D eigenvalue weighted by molar-refractivity contribution is 0.324. The number of nitriles is 1. The summed E-state index contributed by atoms with van der Waals surface area (Å²) in [5.41, 5.74) is 5.07. The smallest absolute Gasteiger partial charge is 0.0733 e. The van der Waals surface area contributed by atoms with Crippen LogP contribution in [0.4, 0.5) is 0 Å². The van der Waals surface area contributed by atoms with Crippen molar-refractivity contribution in [2.24, 2.45) is 0 Å². The molecule has 2 aromatic carbocycles. The quantitative estimate of drug-likeness (QED) is 0.458. The molecule has 0 aromatic heterocycles. The number of nitrogens with zero attached hydrogens (tertiary/aromatic N) is 2. The zero-order valence-electron chi connectivity index (χ0n) is 17.8. The van der Waals surface area contributed by atoms with Gasteiger partial charge in [0, 0.05) is 19.6 Å². The highest BCUT2D eigenvalue weighted by molar-refractivity contribution is 5.87. The summed E-state index contributed by atoms with van der Waals surface area (Å²) in [4.78, 5) is 2.42. The first-order valence-electron chi connectivity index (χ1n) is 9.79. The van der Waals surface area contributed by atoms with Gasteiger partial charge in [0.05, 0.1) is 12.0 Å². The van der Waals surface area contributed by atoms with Gasteiger partial charge in [0.15, 0.2) is 0 Å². The van der Waals surface area contributed by atoms with E-state index < -0.39 is 0 Å². The highest BCUT2D eigenvalue weighted by atomic mass is 35.5. The van der Waals surface area contributed by atoms with Gasteiger partial charge >= 0.3 is 0 Å². The Morgan fingerprint density at radius 2 is 1.61 bits per heavy atom. The molecule has 0 aliphatic rings. The van der Waals surface area contributed by atoms with E-state index in [1.807, 2.05) is 0 Å². The Balaban J connectivity index is 0.00000392. The lowest BCUT2D eigenvalue weighted by Gasteiger charge is -2.22. The third-order valence-electron chi connectivity index (χ3n) is 4.94. The van der Waals surface area contributed by atoms with Gasteiger partial charge in [-0.05, 0) is 62.9 Å². The van der Waals surface area contributed by atoms with Gasteiger partial charge in [-0.3, -0.25) is 4.90 Å². The maximum atomic E-state index is 9.92. The van der Waals surface area contributed by atoms with Crippen molar-refractivity contribution in [3.8, 4) is 6.07 Å². The maximum absolute atomic E-state index is 9.92. The zero-order chi connectivity index (χ0) is 19.8. The van der Waals surface area contributed by atoms with Gasteiger partial charge in [0.25, 0.3) is 0 Å². The molecule has 0 fully saturated rings. The van der Waals surface area contributed by atoms with Crippen LogP contribution in [-0.2, 0) is 0 Å². The zero-order valence-corrected chi connectivity index (χ0v) is 18.6. The third kappa shape index (κ3) is 6.82. The van der Waals surface area contributed by atoms with Crippen molar-refractivity contribution < 1.29 is 0 Å².